The van der Waals surface area contributed by atoms with Crippen molar-refractivity contribution in [2.75, 3.05) is 11.9 Å². The van der Waals surface area contributed by atoms with E-state index in [0.29, 0.717) is 28.3 Å². The summed E-state index contributed by atoms with van der Waals surface area (Å²) in [6.45, 7) is 1.92. The van der Waals surface area contributed by atoms with Crippen LogP contribution in [0.1, 0.15) is 18.1 Å². The average molecular weight is 385 g/mol. The summed E-state index contributed by atoms with van der Waals surface area (Å²) in [6.07, 6.45) is 0. The van der Waals surface area contributed by atoms with Crippen LogP contribution in [0, 0.1) is 16.7 Å². The molecule has 0 amide bonds. The summed E-state index contributed by atoms with van der Waals surface area (Å²) in [6, 6.07) is 23.3. The van der Waals surface area contributed by atoms with Gasteiger partial charge in [0.15, 0.2) is 0 Å². The van der Waals surface area contributed by atoms with Crippen LogP contribution in [-0.4, -0.2) is 18.3 Å². The Hall–Kier alpha value is -4.11. The van der Waals surface area contributed by atoms with Gasteiger partial charge in [-0.2, -0.15) is 5.26 Å². The summed E-state index contributed by atoms with van der Waals surface area (Å²) in [5.41, 5.74) is 2.25. The Labute approximate surface area is 168 Å². The van der Waals surface area contributed by atoms with Crippen LogP contribution in [0.4, 0.5) is 11.4 Å². The average Bonchev–Trinajstić information content (AvgIpc) is 2.76. The maximum atomic E-state index is 11.9. The molecule has 0 radical (unpaired) electrons. The van der Waals surface area contributed by atoms with E-state index in [9.17, 15) is 4.79 Å². The second-order valence-corrected chi connectivity index (χ2v) is 6.03. The van der Waals surface area contributed by atoms with Gasteiger partial charge in [0.1, 0.15) is 17.2 Å². The number of para-hydroxylation sites is 1. The smallest absolute Gasteiger partial charge is 0.356 e. The minimum Gasteiger partial charge on any atom is -0.461 e. The molecule has 0 unspecified atom stereocenters. The summed E-state index contributed by atoms with van der Waals surface area (Å²) in [7, 11) is 0. The van der Waals surface area contributed by atoms with E-state index < -0.39 is 5.97 Å². The molecule has 3 aromatic carbocycles. The van der Waals surface area contributed by atoms with Gasteiger partial charge in [-0.3, -0.25) is 5.41 Å². The lowest BCUT2D eigenvalue weighted by Gasteiger charge is -2.13. The van der Waals surface area contributed by atoms with Crippen LogP contribution >= 0.6 is 0 Å². The number of nitrogens with zero attached hydrogens (tertiary/aromatic N) is 1. The number of hydrogen-bond acceptors (Lipinski definition) is 6. The molecule has 3 aromatic rings. The molecule has 6 nitrogen and oxygen atoms in total. The van der Waals surface area contributed by atoms with E-state index in [1.165, 1.54) is 0 Å². The monoisotopic (exact) mass is 385 g/mol. The fourth-order valence-electron chi connectivity index (χ4n) is 2.62. The first kappa shape index (κ1) is 19.6. The topological polar surface area (TPSA) is 95.2 Å². The third-order valence-corrected chi connectivity index (χ3v) is 4.03. The summed E-state index contributed by atoms with van der Waals surface area (Å²) in [5, 5.41) is 20.1. The number of carbonyl (C=O) groups is 1. The molecule has 0 saturated carbocycles. The number of rotatable bonds is 7. The van der Waals surface area contributed by atoms with Gasteiger partial charge in [0, 0.05) is 16.9 Å². The Morgan fingerprint density at radius 1 is 1.00 bits per heavy atom. The zero-order chi connectivity index (χ0) is 20.6. The maximum Gasteiger partial charge on any atom is 0.356 e. The van der Waals surface area contributed by atoms with E-state index in [1.807, 2.05) is 18.2 Å². The highest BCUT2D eigenvalue weighted by molar-refractivity contribution is 6.43. The molecule has 0 bridgehead atoms. The summed E-state index contributed by atoms with van der Waals surface area (Å²) < 4.78 is 10.7. The van der Waals surface area contributed by atoms with Gasteiger partial charge in [-0.15, -0.1) is 0 Å². The molecule has 3 rings (SSSR count). The van der Waals surface area contributed by atoms with Crippen molar-refractivity contribution in [2.24, 2.45) is 0 Å². The van der Waals surface area contributed by atoms with Crippen molar-refractivity contribution in [1.29, 1.82) is 10.7 Å². The first-order valence-electron chi connectivity index (χ1n) is 9.01. The number of nitriles is 1. The van der Waals surface area contributed by atoms with Crippen LogP contribution in [0.5, 0.6) is 11.5 Å². The Morgan fingerprint density at radius 2 is 1.62 bits per heavy atom. The van der Waals surface area contributed by atoms with Crippen molar-refractivity contribution in [1.82, 2.24) is 0 Å². The van der Waals surface area contributed by atoms with E-state index in [0.717, 1.165) is 5.69 Å². The van der Waals surface area contributed by atoms with Gasteiger partial charge in [-0.1, -0.05) is 18.2 Å². The van der Waals surface area contributed by atoms with Gasteiger partial charge in [-0.25, -0.2) is 4.79 Å². The fourth-order valence-corrected chi connectivity index (χ4v) is 2.62. The maximum absolute atomic E-state index is 11.9. The van der Waals surface area contributed by atoms with Crippen LogP contribution in [0.3, 0.4) is 0 Å². The van der Waals surface area contributed by atoms with Gasteiger partial charge in [-0.05, 0) is 61.5 Å². The third kappa shape index (κ3) is 4.99. The third-order valence-electron chi connectivity index (χ3n) is 4.03. The van der Waals surface area contributed by atoms with Gasteiger partial charge >= 0.3 is 5.97 Å². The van der Waals surface area contributed by atoms with Crippen LogP contribution < -0.4 is 10.1 Å². The molecule has 6 heteroatoms. The van der Waals surface area contributed by atoms with Crippen molar-refractivity contribution in [3.05, 3.63) is 83.9 Å². The lowest BCUT2D eigenvalue weighted by molar-refractivity contribution is -0.135. The second kappa shape index (κ2) is 9.20. The normalized spacial score (nSPS) is 9.93. The predicted molar refractivity (Wildman–Crippen MR) is 111 cm³/mol. The highest BCUT2D eigenvalue weighted by Crippen LogP contribution is 2.26. The standard InChI is InChI=1S/C23H19N3O3/c1-2-28-23(27)22(25)20-5-3-4-6-21(20)26-17-9-13-19(14-10-17)29-18-11-7-16(15-24)8-12-18/h3-14,25-26H,2H2,1H3. The lowest BCUT2D eigenvalue weighted by atomic mass is 10.1. The van der Waals surface area contributed by atoms with Gasteiger partial charge in [0.2, 0.25) is 0 Å². The van der Waals surface area contributed by atoms with Crippen molar-refractivity contribution in [3.63, 3.8) is 0 Å². The molecule has 0 aliphatic carbocycles. The molecule has 0 aromatic heterocycles. The number of anilines is 2. The van der Waals surface area contributed by atoms with Crippen LogP contribution in [0.2, 0.25) is 0 Å². The highest BCUT2D eigenvalue weighted by atomic mass is 16.5. The number of hydrogen-bond donors (Lipinski definition) is 2. The van der Waals surface area contributed by atoms with Gasteiger partial charge in [0.25, 0.3) is 0 Å². The van der Waals surface area contributed by atoms with E-state index in [1.54, 1.807) is 61.5 Å². The number of benzene rings is 3. The van der Waals surface area contributed by atoms with Crippen LogP contribution in [-0.2, 0) is 9.53 Å². The predicted octanol–water partition coefficient (Wildman–Crippen LogP) is 5.03. The number of carbonyl (C=O) groups excluding carboxylic acids is 1. The van der Waals surface area contributed by atoms with E-state index in [2.05, 4.69) is 11.4 Å². The molecule has 0 aliphatic rings. The SMILES string of the molecule is CCOC(=O)C(=N)c1ccccc1Nc1ccc(Oc2ccc(C#N)cc2)cc1. The minimum absolute atomic E-state index is 0.198. The van der Waals surface area contributed by atoms with Crippen LogP contribution in [0.25, 0.3) is 0 Å². The Kier molecular flexibility index (Phi) is 6.23. The van der Waals surface area contributed by atoms with Crippen molar-refractivity contribution >= 4 is 23.1 Å². The Morgan fingerprint density at radius 3 is 2.24 bits per heavy atom. The first-order chi connectivity index (χ1) is 14.1. The zero-order valence-corrected chi connectivity index (χ0v) is 15.8. The molecular formula is C23H19N3O3. The molecular weight excluding hydrogens is 366 g/mol. The Balaban J connectivity index is 1.72. The first-order valence-corrected chi connectivity index (χ1v) is 9.01. The van der Waals surface area contributed by atoms with E-state index in [-0.39, 0.29) is 12.3 Å². The van der Waals surface area contributed by atoms with Crippen molar-refractivity contribution in [2.45, 2.75) is 6.92 Å². The molecule has 29 heavy (non-hydrogen) atoms. The van der Waals surface area contributed by atoms with Crippen LogP contribution in [0.15, 0.2) is 72.8 Å². The lowest BCUT2D eigenvalue weighted by Crippen LogP contribution is -2.18. The van der Waals surface area contributed by atoms with Gasteiger partial charge in [0.05, 0.1) is 18.2 Å². The number of nitrogens with one attached hydrogen (secondary N) is 2. The fraction of sp³-hybridized carbons (Fsp3) is 0.0870. The Bertz CT molecular complexity index is 1050. The summed E-state index contributed by atoms with van der Waals surface area (Å²) in [4.78, 5) is 11.9. The largest absolute Gasteiger partial charge is 0.461 e. The quantitative estimate of drug-likeness (QED) is 0.439. The minimum atomic E-state index is -0.659. The summed E-state index contributed by atoms with van der Waals surface area (Å²) in [5.74, 6) is 0.624. The number of ether oxygens (including phenoxy) is 2. The van der Waals surface area contributed by atoms with E-state index in [4.69, 9.17) is 20.1 Å². The highest BCUT2D eigenvalue weighted by Gasteiger charge is 2.16. The van der Waals surface area contributed by atoms with E-state index >= 15 is 0 Å². The molecule has 144 valence electrons. The van der Waals surface area contributed by atoms with Gasteiger partial charge < -0.3 is 14.8 Å². The molecule has 0 heterocycles. The molecule has 0 saturated heterocycles. The number of esters is 1. The molecule has 0 fully saturated rings. The van der Waals surface area contributed by atoms with Crippen molar-refractivity contribution < 1.29 is 14.3 Å². The molecule has 0 atom stereocenters. The molecule has 0 spiro atoms. The zero-order valence-electron chi connectivity index (χ0n) is 15.8. The second-order valence-electron chi connectivity index (χ2n) is 6.03. The molecule has 0 aliphatic heterocycles. The summed E-state index contributed by atoms with van der Waals surface area (Å²) >= 11 is 0. The van der Waals surface area contributed by atoms with Crippen molar-refractivity contribution in [3.8, 4) is 17.6 Å². The molecule has 2 N–H and O–H groups in total.